The molecule has 2 aliphatic rings. The first-order valence-corrected chi connectivity index (χ1v) is 11.8. The molecule has 1 N–H and O–H groups in total. The molecule has 2 amide bonds. The fourth-order valence-electron chi connectivity index (χ4n) is 4.10. The number of amides is 2. The van der Waals surface area contributed by atoms with Crippen molar-refractivity contribution >= 4 is 21.8 Å². The van der Waals surface area contributed by atoms with E-state index < -0.39 is 33.7 Å². The molecule has 2 fully saturated rings. The van der Waals surface area contributed by atoms with Crippen molar-refractivity contribution in [2.75, 3.05) is 26.2 Å². The van der Waals surface area contributed by atoms with Crippen molar-refractivity contribution in [3.05, 3.63) is 65.5 Å². The lowest BCUT2D eigenvalue weighted by Gasteiger charge is -2.35. The third-order valence-electron chi connectivity index (χ3n) is 5.71. The molecule has 0 bridgehead atoms. The Bertz CT molecular complexity index is 1100. The van der Waals surface area contributed by atoms with Crippen LogP contribution in [0.3, 0.4) is 0 Å². The molecule has 164 valence electrons. The van der Waals surface area contributed by atoms with Crippen LogP contribution in [0.25, 0.3) is 0 Å². The highest BCUT2D eigenvalue weighted by Gasteiger charge is 2.36. The summed E-state index contributed by atoms with van der Waals surface area (Å²) in [6.45, 7) is 1.35. The molecule has 0 saturated carbocycles. The van der Waals surface area contributed by atoms with Gasteiger partial charge in [-0.1, -0.05) is 30.7 Å². The molecule has 0 aromatic heterocycles. The minimum atomic E-state index is -3.71. The Morgan fingerprint density at radius 1 is 1.00 bits per heavy atom. The number of halogens is 1. The summed E-state index contributed by atoms with van der Waals surface area (Å²) in [4.78, 5) is 27.2. The molecule has 0 radical (unpaired) electrons. The predicted octanol–water partition coefficient (Wildman–Crippen LogP) is 2.31. The summed E-state index contributed by atoms with van der Waals surface area (Å²) in [5.74, 6) is -1.57. The van der Waals surface area contributed by atoms with E-state index in [0.717, 1.165) is 19.3 Å². The molecule has 0 spiro atoms. The molecule has 2 aliphatic heterocycles. The van der Waals surface area contributed by atoms with Gasteiger partial charge in [-0.05, 0) is 37.1 Å². The van der Waals surface area contributed by atoms with Gasteiger partial charge >= 0.3 is 0 Å². The van der Waals surface area contributed by atoms with Gasteiger partial charge in [-0.3, -0.25) is 9.59 Å². The summed E-state index contributed by atoms with van der Waals surface area (Å²) in [5.41, 5.74) is 0.249. The molecular formula is C22H24FN3O4S. The number of sulfonamides is 1. The van der Waals surface area contributed by atoms with Crippen LogP contribution in [0.5, 0.6) is 0 Å². The van der Waals surface area contributed by atoms with Gasteiger partial charge in [0.1, 0.15) is 11.9 Å². The third-order valence-corrected chi connectivity index (χ3v) is 7.60. The number of piperazine rings is 1. The van der Waals surface area contributed by atoms with E-state index in [0.29, 0.717) is 13.1 Å². The minimum Gasteiger partial charge on any atom is -0.352 e. The van der Waals surface area contributed by atoms with Gasteiger partial charge < -0.3 is 10.2 Å². The number of piperidine rings is 1. The molecule has 31 heavy (non-hydrogen) atoms. The van der Waals surface area contributed by atoms with Crippen LogP contribution >= 0.6 is 0 Å². The normalized spacial score (nSPS) is 20.4. The predicted molar refractivity (Wildman–Crippen MR) is 112 cm³/mol. The van der Waals surface area contributed by atoms with Crippen molar-refractivity contribution in [3.8, 4) is 0 Å². The number of hydrogen-bond donors (Lipinski definition) is 1. The number of benzene rings is 2. The van der Waals surface area contributed by atoms with Crippen LogP contribution in [0.15, 0.2) is 53.4 Å². The average molecular weight is 446 g/mol. The first kappa shape index (κ1) is 21.5. The zero-order valence-electron chi connectivity index (χ0n) is 17.0. The molecule has 0 aliphatic carbocycles. The fourth-order valence-corrected chi connectivity index (χ4v) is 5.66. The Labute approximate surface area is 180 Å². The number of carbonyl (C=O) groups excluding carboxylic acids is 2. The second-order valence-electron chi connectivity index (χ2n) is 7.71. The van der Waals surface area contributed by atoms with E-state index >= 15 is 0 Å². The summed E-state index contributed by atoms with van der Waals surface area (Å²) in [6, 6.07) is 10.6. The Morgan fingerprint density at radius 3 is 2.48 bits per heavy atom. The molecular weight excluding hydrogens is 421 g/mol. The Kier molecular flexibility index (Phi) is 6.06. The molecule has 2 aromatic rings. The first-order valence-electron chi connectivity index (χ1n) is 10.3. The molecule has 2 saturated heterocycles. The molecule has 1 unspecified atom stereocenters. The smallest absolute Gasteiger partial charge is 0.254 e. The maximum atomic E-state index is 14.4. The zero-order chi connectivity index (χ0) is 22.0. The highest BCUT2D eigenvalue weighted by atomic mass is 32.2. The van der Waals surface area contributed by atoms with Crippen LogP contribution in [0, 0.1) is 5.82 Å². The van der Waals surface area contributed by atoms with Crippen LogP contribution in [0.2, 0.25) is 0 Å². The van der Waals surface area contributed by atoms with E-state index in [2.05, 4.69) is 5.32 Å². The topological polar surface area (TPSA) is 86.8 Å². The summed E-state index contributed by atoms with van der Waals surface area (Å²) >= 11 is 0. The largest absolute Gasteiger partial charge is 0.352 e. The first-order chi connectivity index (χ1) is 14.9. The van der Waals surface area contributed by atoms with Gasteiger partial charge in [-0.15, -0.1) is 0 Å². The third kappa shape index (κ3) is 4.20. The molecule has 1 atom stereocenters. The van der Waals surface area contributed by atoms with Crippen LogP contribution in [-0.4, -0.2) is 55.6 Å². The summed E-state index contributed by atoms with van der Waals surface area (Å²) in [6.07, 6.45) is 2.62. The highest BCUT2D eigenvalue weighted by molar-refractivity contribution is 7.89. The zero-order valence-corrected chi connectivity index (χ0v) is 17.8. The van der Waals surface area contributed by atoms with Gasteiger partial charge in [0.2, 0.25) is 15.9 Å². The lowest BCUT2D eigenvalue weighted by molar-refractivity contribution is -0.128. The Morgan fingerprint density at radius 2 is 1.74 bits per heavy atom. The Hall–Kier alpha value is -2.78. The minimum absolute atomic E-state index is 0.0455. The van der Waals surface area contributed by atoms with Crippen LogP contribution in [0.4, 0.5) is 4.39 Å². The van der Waals surface area contributed by atoms with Crippen LogP contribution < -0.4 is 5.32 Å². The average Bonchev–Trinajstić information content (AvgIpc) is 2.80. The maximum absolute atomic E-state index is 14.4. The summed E-state index contributed by atoms with van der Waals surface area (Å²) in [5, 5.41) is 2.67. The van der Waals surface area contributed by atoms with Crippen molar-refractivity contribution in [1.82, 2.24) is 14.5 Å². The lowest BCUT2D eigenvalue weighted by atomic mass is 10.0. The summed E-state index contributed by atoms with van der Waals surface area (Å²) in [7, 11) is -3.71. The van der Waals surface area contributed by atoms with E-state index in [1.807, 2.05) is 0 Å². The van der Waals surface area contributed by atoms with Gasteiger partial charge in [0.15, 0.2) is 0 Å². The SMILES string of the molecule is O=C1NCCN(C(=O)c2cccc(S(=O)(=O)N3CCCCC3)c2)C1c1ccccc1F. The van der Waals surface area contributed by atoms with Crippen molar-refractivity contribution < 1.29 is 22.4 Å². The van der Waals surface area contributed by atoms with Gasteiger partial charge in [-0.2, -0.15) is 4.31 Å². The molecule has 4 rings (SSSR count). The lowest BCUT2D eigenvalue weighted by Crippen LogP contribution is -2.52. The van der Waals surface area contributed by atoms with Crippen molar-refractivity contribution in [1.29, 1.82) is 0 Å². The quantitative estimate of drug-likeness (QED) is 0.783. The molecule has 2 heterocycles. The second-order valence-corrected chi connectivity index (χ2v) is 9.64. The number of carbonyl (C=O) groups is 2. The monoisotopic (exact) mass is 445 g/mol. The maximum Gasteiger partial charge on any atom is 0.254 e. The van der Waals surface area contributed by atoms with E-state index in [1.165, 1.54) is 51.7 Å². The number of nitrogens with zero attached hydrogens (tertiary/aromatic N) is 2. The second kappa shape index (κ2) is 8.76. The van der Waals surface area contributed by atoms with Gasteiger partial charge in [0.05, 0.1) is 4.90 Å². The van der Waals surface area contributed by atoms with E-state index in [9.17, 15) is 22.4 Å². The van der Waals surface area contributed by atoms with Crippen LogP contribution in [-0.2, 0) is 14.8 Å². The van der Waals surface area contributed by atoms with Crippen molar-refractivity contribution in [2.24, 2.45) is 0 Å². The standard InChI is InChI=1S/C22H24FN3O4S/c23-19-10-3-2-9-18(19)20-21(27)24-11-14-26(20)22(28)16-7-6-8-17(15-16)31(29,30)25-12-4-1-5-13-25/h2-3,6-10,15,20H,1,4-5,11-14H2,(H,24,27). The fraction of sp³-hybridized carbons (Fsp3) is 0.364. The molecule has 9 heteroatoms. The van der Waals surface area contributed by atoms with Gasteiger partial charge in [-0.25, -0.2) is 12.8 Å². The van der Waals surface area contributed by atoms with E-state index in [4.69, 9.17) is 0 Å². The van der Waals surface area contributed by atoms with Gasteiger partial charge in [0.25, 0.3) is 5.91 Å². The number of nitrogens with one attached hydrogen (secondary N) is 1. The van der Waals surface area contributed by atoms with Crippen molar-refractivity contribution in [2.45, 2.75) is 30.2 Å². The van der Waals surface area contributed by atoms with E-state index in [1.54, 1.807) is 6.07 Å². The summed E-state index contributed by atoms with van der Waals surface area (Å²) < 4.78 is 41.9. The number of hydrogen-bond acceptors (Lipinski definition) is 4. The highest BCUT2D eigenvalue weighted by Crippen LogP contribution is 2.28. The number of rotatable bonds is 4. The molecule has 7 nitrogen and oxygen atoms in total. The van der Waals surface area contributed by atoms with Crippen molar-refractivity contribution in [3.63, 3.8) is 0 Å². The van der Waals surface area contributed by atoms with E-state index in [-0.39, 0.29) is 29.1 Å². The molecule has 2 aromatic carbocycles. The Balaban J connectivity index is 1.66. The van der Waals surface area contributed by atoms with Crippen LogP contribution in [0.1, 0.15) is 41.2 Å². The van der Waals surface area contributed by atoms with Gasteiger partial charge in [0, 0.05) is 37.3 Å².